The zero-order chi connectivity index (χ0) is 35.3. The van der Waals surface area contributed by atoms with E-state index in [-0.39, 0.29) is 5.41 Å². The van der Waals surface area contributed by atoms with E-state index in [2.05, 4.69) is 164 Å². The van der Waals surface area contributed by atoms with Crippen molar-refractivity contribution in [2.75, 3.05) is 4.90 Å². The van der Waals surface area contributed by atoms with E-state index < -0.39 is 0 Å². The molecule has 0 amide bonds. The van der Waals surface area contributed by atoms with Gasteiger partial charge >= 0.3 is 0 Å². The number of hydrogen-bond donors (Lipinski definition) is 0. The lowest BCUT2D eigenvalue weighted by Crippen LogP contribution is -2.19. The average molecular weight is 682 g/mol. The number of anilines is 2. The molecule has 3 nitrogen and oxygen atoms in total. The maximum absolute atomic E-state index is 6.51. The van der Waals surface area contributed by atoms with E-state index in [4.69, 9.17) is 8.83 Å². The van der Waals surface area contributed by atoms with E-state index in [9.17, 15) is 0 Å². The second kappa shape index (κ2) is 11.2. The maximum Gasteiger partial charge on any atom is 0.137 e. The number of nitrogens with zero attached hydrogens (tertiary/aromatic N) is 1. The first-order chi connectivity index (χ1) is 26.0. The Morgan fingerprint density at radius 1 is 0.453 bits per heavy atom. The lowest BCUT2D eigenvalue weighted by atomic mass is 9.82. The lowest BCUT2D eigenvalue weighted by molar-refractivity contribution is 0.660. The maximum atomic E-state index is 6.51. The van der Waals surface area contributed by atoms with E-state index in [1.165, 1.54) is 49.7 Å². The topological polar surface area (TPSA) is 29.5 Å². The second-order valence-electron chi connectivity index (χ2n) is 14.9. The van der Waals surface area contributed by atoms with Gasteiger partial charge in [-0.05, 0) is 92.2 Å². The molecule has 11 rings (SSSR count). The molecule has 1 aliphatic carbocycles. The Morgan fingerprint density at radius 3 is 1.96 bits per heavy atom. The molecule has 2 aromatic heterocycles. The van der Waals surface area contributed by atoms with Gasteiger partial charge in [0.05, 0.1) is 0 Å². The van der Waals surface area contributed by atoms with Crippen LogP contribution in [-0.2, 0) is 12.0 Å². The lowest BCUT2D eigenvalue weighted by Gasteiger charge is -2.29. The summed E-state index contributed by atoms with van der Waals surface area (Å²) in [4.78, 5) is 2.46. The highest BCUT2D eigenvalue weighted by Gasteiger charge is 2.35. The number of furan rings is 2. The molecule has 0 aliphatic heterocycles. The molecule has 0 bridgehead atoms. The molecule has 0 spiro atoms. The Kier molecular flexibility index (Phi) is 6.36. The van der Waals surface area contributed by atoms with Crippen molar-refractivity contribution in [3.63, 3.8) is 0 Å². The Balaban J connectivity index is 1.16. The number of hydrogen-bond acceptors (Lipinski definition) is 3. The van der Waals surface area contributed by atoms with Crippen molar-refractivity contribution >= 4 is 66.0 Å². The summed E-state index contributed by atoms with van der Waals surface area (Å²) >= 11 is 0. The van der Waals surface area contributed by atoms with Crippen LogP contribution in [0.25, 0.3) is 76.9 Å². The van der Waals surface area contributed by atoms with Crippen molar-refractivity contribution < 1.29 is 8.83 Å². The number of benzene rings is 8. The zero-order valence-electron chi connectivity index (χ0n) is 29.6. The van der Waals surface area contributed by atoms with Crippen molar-refractivity contribution in [2.45, 2.75) is 25.8 Å². The van der Waals surface area contributed by atoms with Crippen LogP contribution in [-0.4, -0.2) is 0 Å². The minimum atomic E-state index is -0.126. The van der Waals surface area contributed by atoms with Crippen molar-refractivity contribution in [2.24, 2.45) is 0 Å². The summed E-state index contributed by atoms with van der Waals surface area (Å²) in [5, 5.41) is 6.97. The Morgan fingerprint density at radius 2 is 1.08 bits per heavy atom. The van der Waals surface area contributed by atoms with Crippen molar-refractivity contribution in [1.82, 2.24) is 0 Å². The van der Waals surface area contributed by atoms with Crippen LogP contribution in [0.3, 0.4) is 0 Å². The smallest absolute Gasteiger partial charge is 0.137 e. The van der Waals surface area contributed by atoms with Gasteiger partial charge in [-0.3, -0.25) is 0 Å². The molecule has 10 aromatic rings. The van der Waals surface area contributed by atoms with E-state index >= 15 is 0 Å². The summed E-state index contributed by atoms with van der Waals surface area (Å²) in [5.41, 5.74) is 14.6. The average Bonchev–Trinajstić information content (AvgIpc) is 3.84. The molecule has 0 N–H and O–H groups in total. The highest BCUT2D eigenvalue weighted by molar-refractivity contribution is 6.16. The van der Waals surface area contributed by atoms with Crippen LogP contribution in [0, 0.1) is 0 Å². The summed E-state index contributed by atoms with van der Waals surface area (Å²) in [5.74, 6) is 0. The van der Waals surface area contributed by atoms with Gasteiger partial charge in [-0.15, -0.1) is 0 Å². The van der Waals surface area contributed by atoms with Gasteiger partial charge < -0.3 is 13.7 Å². The fraction of sp³-hybridized carbons (Fsp3) is 0.0800. The Hall–Kier alpha value is -6.58. The van der Waals surface area contributed by atoms with Crippen LogP contribution in [0.4, 0.5) is 11.4 Å². The van der Waals surface area contributed by atoms with E-state index in [1.807, 2.05) is 18.2 Å². The van der Waals surface area contributed by atoms with Crippen LogP contribution in [0.2, 0.25) is 0 Å². The zero-order valence-corrected chi connectivity index (χ0v) is 29.6. The Labute approximate surface area is 307 Å². The second-order valence-corrected chi connectivity index (χ2v) is 14.9. The van der Waals surface area contributed by atoms with Gasteiger partial charge in [0, 0.05) is 50.9 Å². The van der Waals surface area contributed by atoms with Crippen LogP contribution < -0.4 is 4.90 Å². The SMILES string of the molecule is CC1(C)c2ccccc2-c2ccc(N(Cc3ccc4oc5ccccc5c4c3-c3cccc4ccccc34)c3ccc4c(c3)oc3ccccc34)cc21. The van der Waals surface area contributed by atoms with Crippen molar-refractivity contribution in [1.29, 1.82) is 0 Å². The first kappa shape index (κ1) is 30.1. The predicted molar refractivity (Wildman–Crippen MR) is 220 cm³/mol. The number of rotatable bonds is 5. The summed E-state index contributed by atoms with van der Waals surface area (Å²) in [6, 6.07) is 59.0. The van der Waals surface area contributed by atoms with E-state index in [0.717, 1.165) is 55.3 Å². The quantitative estimate of drug-likeness (QED) is 0.181. The monoisotopic (exact) mass is 681 g/mol. The highest BCUT2D eigenvalue weighted by Crippen LogP contribution is 2.50. The standard InChI is InChI=1S/C50H35NO2/c1-50(2)42-19-8-5-15-36(42)37-25-23-33(28-43(37)50)51(34-24-26-39-38-16-6-9-20-44(38)53-47(39)29-34)30-32-22-27-46-49(41-17-7-10-21-45(41)52-46)48(32)40-18-11-13-31-12-3-4-14-35(31)40/h3-29H,30H2,1-2H3. The van der Waals surface area contributed by atoms with Crippen molar-refractivity contribution in [3.05, 3.63) is 180 Å². The van der Waals surface area contributed by atoms with Crippen LogP contribution >= 0.6 is 0 Å². The fourth-order valence-electron chi connectivity index (χ4n) is 8.99. The molecule has 8 aromatic carbocycles. The molecule has 3 heteroatoms. The third-order valence-corrected chi connectivity index (χ3v) is 11.6. The van der Waals surface area contributed by atoms with Gasteiger partial charge in [0.2, 0.25) is 0 Å². The van der Waals surface area contributed by atoms with E-state index in [1.54, 1.807) is 0 Å². The molecule has 1 aliphatic rings. The van der Waals surface area contributed by atoms with Gasteiger partial charge in [-0.25, -0.2) is 0 Å². The minimum Gasteiger partial charge on any atom is -0.456 e. The van der Waals surface area contributed by atoms with Gasteiger partial charge in [0.25, 0.3) is 0 Å². The van der Waals surface area contributed by atoms with Gasteiger partial charge in [-0.1, -0.05) is 129 Å². The molecule has 0 unspecified atom stereocenters. The molecule has 252 valence electrons. The molecule has 0 saturated carbocycles. The molecule has 0 atom stereocenters. The van der Waals surface area contributed by atoms with Crippen molar-refractivity contribution in [3.8, 4) is 22.3 Å². The molecule has 0 fully saturated rings. The van der Waals surface area contributed by atoms with Gasteiger partial charge in [-0.2, -0.15) is 0 Å². The number of para-hydroxylation sites is 2. The third-order valence-electron chi connectivity index (χ3n) is 11.6. The molecular weight excluding hydrogens is 647 g/mol. The summed E-state index contributed by atoms with van der Waals surface area (Å²) in [6.07, 6.45) is 0. The summed E-state index contributed by atoms with van der Waals surface area (Å²) in [7, 11) is 0. The third kappa shape index (κ3) is 4.47. The first-order valence-electron chi connectivity index (χ1n) is 18.4. The molecule has 53 heavy (non-hydrogen) atoms. The molecule has 0 saturated heterocycles. The van der Waals surface area contributed by atoms with E-state index in [0.29, 0.717) is 6.54 Å². The predicted octanol–water partition coefficient (Wildman–Crippen LogP) is 14.0. The molecule has 0 radical (unpaired) electrons. The van der Waals surface area contributed by atoms with Gasteiger partial charge in [0.15, 0.2) is 0 Å². The van der Waals surface area contributed by atoms with Crippen LogP contribution in [0.15, 0.2) is 173 Å². The van der Waals surface area contributed by atoms with Gasteiger partial charge in [0.1, 0.15) is 22.3 Å². The largest absolute Gasteiger partial charge is 0.456 e. The number of fused-ring (bicyclic) bond motifs is 10. The highest BCUT2D eigenvalue weighted by atomic mass is 16.3. The first-order valence-corrected chi connectivity index (χ1v) is 18.4. The molecule has 2 heterocycles. The Bertz CT molecular complexity index is 3080. The van der Waals surface area contributed by atoms with Crippen LogP contribution in [0.1, 0.15) is 30.5 Å². The van der Waals surface area contributed by atoms with Crippen LogP contribution in [0.5, 0.6) is 0 Å². The minimum absolute atomic E-state index is 0.126. The normalized spacial score (nSPS) is 13.3. The summed E-state index contributed by atoms with van der Waals surface area (Å²) in [6.45, 7) is 5.33. The summed E-state index contributed by atoms with van der Waals surface area (Å²) < 4.78 is 13.0. The molecular formula is C50H35NO2. The fourth-order valence-corrected chi connectivity index (χ4v) is 8.99.